The van der Waals surface area contributed by atoms with Gasteiger partial charge in [0.25, 0.3) is 5.91 Å². The van der Waals surface area contributed by atoms with Crippen LogP contribution in [0.5, 0.6) is 0 Å². The standard InChI is InChI=1S/C20H19NO3S/c1-3-21(13-17-5-4-12-25-17)20(23)19-11-10-18(24-19)16-8-6-15(7-9-16)14(2)22/h4-12H,3,13H2,1-2H3. The smallest absolute Gasteiger partial charge is 0.289 e. The first-order valence-electron chi connectivity index (χ1n) is 8.11. The van der Waals surface area contributed by atoms with Gasteiger partial charge in [-0.25, -0.2) is 0 Å². The highest BCUT2D eigenvalue weighted by Gasteiger charge is 2.19. The number of nitrogens with zero attached hydrogens (tertiary/aromatic N) is 1. The fourth-order valence-electron chi connectivity index (χ4n) is 2.55. The van der Waals surface area contributed by atoms with E-state index >= 15 is 0 Å². The first-order valence-corrected chi connectivity index (χ1v) is 8.99. The topological polar surface area (TPSA) is 50.5 Å². The number of Topliss-reactive ketones (excluding diaryl/α,β-unsaturated/α-hetero) is 1. The monoisotopic (exact) mass is 353 g/mol. The van der Waals surface area contributed by atoms with E-state index in [1.807, 2.05) is 36.6 Å². The van der Waals surface area contributed by atoms with E-state index in [0.29, 0.717) is 30.2 Å². The van der Waals surface area contributed by atoms with Gasteiger partial charge in [0, 0.05) is 22.5 Å². The summed E-state index contributed by atoms with van der Waals surface area (Å²) in [6.45, 7) is 4.68. The number of benzene rings is 1. The molecule has 0 N–H and O–H groups in total. The molecular formula is C20H19NO3S. The first kappa shape index (κ1) is 17.2. The average Bonchev–Trinajstić information content (AvgIpc) is 3.31. The van der Waals surface area contributed by atoms with Crippen LogP contribution in [0.15, 0.2) is 58.3 Å². The van der Waals surface area contributed by atoms with Crippen LogP contribution in [-0.4, -0.2) is 23.1 Å². The van der Waals surface area contributed by atoms with Crippen molar-refractivity contribution in [3.05, 3.63) is 70.1 Å². The Hall–Kier alpha value is -2.66. The number of carbonyl (C=O) groups excluding carboxylic acids is 2. The number of rotatable bonds is 6. The Labute approximate surface area is 150 Å². The van der Waals surface area contributed by atoms with Crippen LogP contribution < -0.4 is 0 Å². The van der Waals surface area contributed by atoms with Gasteiger partial charge >= 0.3 is 0 Å². The van der Waals surface area contributed by atoms with Gasteiger partial charge in [0.1, 0.15) is 5.76 Å². The normalized spacial score (nSPS) is 10.6. The van der Waals surface area contributed by atoms with E-state index in [0.717, 1.165) is 10.4 Å². The van der Waals surface area contributed by atoms with Crippen molar-refractivity contribution >= 4 is 23.0 Å². The van der Waals surface area contributed by atoms with E-state index in [4.69, 9.17) is 4.42 Å². The minimum Gasteiger partial charge on any atom is -0.451 e. The van der Waals surface area contributed by atoms with Crippen LogP contribution in [0, 0.1) is 0 Å². The highest BCUT2D eigenvalue weighted by Crippen LogP contribution is 2.24. The fourth-order valence-corrected chi connectivity index (χ4v) is 3.27. The lowest BCUT2D eigenvalue weighted by Gasteiger charge is -2.18. The van der Waals surface area contributed by atoms with Gasteiger partial charge in [0.15, 0.2) is 11.5 Å². The largest absolute Gasteiger partial charge is 0.451 e. The van der Waals surface area contributed by atoms with Gasteiger partial charge in [0.2, 0.25) is 0 Å². The van der Waals surface area contributed by atoms with Crippen LogP contribution in [0.4, 0.5) is 0 Å². The Bertz CT molecular complexity index is 863. The van der Waals surface area contributed by atoms with Crippen molar-refractivity contribution in [3.8, 4) is 11.3 Å². The van der Waals surface area contributed by atoms with Gasteiger partial charge in [-0.15, -0.1) is 11.3 Å². The minimum atomic E-state index is -0.123. The van der Waals surface area contributed by atoms with Crippen molar-refractivity contribution in [1.82, 2.24) is 4.90 Å². The van der Waals surface area contributed by atoms with E-state index in [1.165, 1.54) is 6.92 Å². The maximum atomic E-state index is 12.7. The molecule has 4 nitrogen and oxygen atoms in total. The van der Waals surface area contributed by atoms with E-state index in [9.17, 15) is 9.59 Å². The summed E-state index contributed by atoms with van der Waals surface area (Å²) in [6, 6.07) is 14.7. The Morgan fingerprint density at radius 3 is 2.44 bits per heavy atom. The fraction of sp³-hybridized carbons (Fsp3) is 0.200. The SMILES string of the molecule is CCN(Cc1cccs1)C(=O)c1ccc(-c2ccc(C(C)=O)cc2)o1. The van der Waals surface area contributed by atoms with Crippen molar-refractivity contribution < 1.29 is 14.0 Å². The summed E-state index contributed by atoms with van der Waals surface area (Å²) >= 11 is 1.63. The molecular weight excluding hydrogens is 334 g/mol. The average molecular weight is 353 g/mol. The molecule has 0 bridgehead atoms. The Balaban J connectivity index is 1.77. The number of thiophene rings is 1. The number of hydrogen-bond donors (Lipinski definition) is 0. The van der Waals surface area contributed by atoms with Gasteiger partial charge in [-0.1, -0.05) is 30.3 Å². The molecule has 0 saturated heterocycles. The quantitative estimate of drug-likeness (QED) is 0.594. The molecule has 5 heteroatoms. The third kappa shape index (κ3) is 3.88. The van der Waals surface area contributed by atoms with Gasteiger partial charge in [-0.3, -0.25) is 9.59 Å². The van der Waals surface area contributed by atoms with Crippen LogP contribution in [0.25, 0.3) is 11.3 Å². The maximum Gasteiger partial charge on any atom is 0.289 e. The van der Waals surface area contributed by atoms with Crippen molar-refractivity contribution in [2.45, 2.75) is 20.4 Å². The maximum absolute atomic E-state index is 12.7. The lowest BCUT2D eigenvalue weighted by molar-refractivity contribution is 0.0723. The molecule has 3 rings (SSSR count). The van der Waals surface area contributed by atoms with Crippen LogP contribution >= 0.6 is 11.3 Å². The van der Waals surface area contributed by atoms with Crippen LogP contribution in [0.1, 0.15) is 39.6 Å². The van der Waals surface area contributed by atoms with E-state index in [2.05, 4.69) is 0 Å². The summed E-state index contributed by atoms with van der Waals surface area (Å²) in [6.07, 6.45) is 0. The van der Waals surface area contributed by atoms with E-state index < -0.39 is 0 Å². The molecule has 1 amide bonds. The number of amides is 1. The molecule has 0 aliphatic carbocycles. The second kappa shape index (κ2) is 7.49. The van der Waals surface area contributed by atoms with E-state index in [1.54, 1.807) is 40.5 Å². The van der Waals surface area contributed by atoms with Crippen molar-refractivity contribution in [2.24, 2.45) is 0 Å². The molecule has 0 saturated carbocycles. The molecule has 2 aromatic heterocycles. The van der Waals surface area contributed by atoms with Crippen molar-refractivity contribution in [3.63, 3.8) is 0 Å². The second-order valence-corrected chi connectivity index (χ2v) is 6.73. The molecule has 0 aliphatic rings. The van der Waals surface area contributed by atoms with Gasteiger partial charge in [-0.05, 0) is 37.4 Å². The molecule has 0 aliphatic heterocycles. The predicted octanol–water partition coefficient (Wildman–Crippen LogP) is 4.87. The highest BCUT2D eigenvalue weighted by molar-refractivity contribution is 7.09. The summed E-state index contributed by atoms with van der Waals surface area (Å²) in [5.74, 6) is 0.839. The minimum absolute atomic E-state index is 0.0222. The Morgan fingerprint density at radius 2 is 1.84 bits per heavy atom. The zero-order valence-electron chi connectivity index (χ0n) is 14.2. The molecule has 0 atom stereocenters. The Morgan fingerprint density at radius 1 is 1.08 bits per heavy atom. The van der Waals surface area contributed by atoms with Crippen LogP contribution in [-0.2, 0) is 6.54 Å². The zero-order chi connectivity index (χ0) is 17.8. The molecule has 3 aromatic rings. The number of carbonyl (C=O) groups is 2. The summed E-state index contributed by atoms with van der Waals surface area (Å²) in [4.78, 5) is 26.9. The van der Waals surface area contributed by atoms with Gasteiger partial charge in [-0.2, -0.15) is 0 Å². The van der Waals surface area contributed by atoms with Crippen LogP contribution in [0.2, 0.25) is 0 Å². The highest BCUT2D eigenvalue weighted by atomic mass is 32.1. The molecule has 1 aromatic carbocycles. The first-order chi connectivity index (χ1) is 12.1. The van der Waals surface area contributed by atoms with Gasteiger partial charge in [0.05, 0.1) is 6.54 Å². The molecule has 0 fully saturated rings. The number of hydrogen-bond acceptors (Lipinski definition) is 4. The molecule has 0 spiro atoms. The number of furan rings is 1. The van der Waals surface area contributed by atoms with Crippen molar-refractivity contribution in [1.29, 1.82) is 0 Å². The molecule has 0 radical (unpaired) electrons. The third-order valence-electron chi connectivity index (χ3n) is 3.99. The summed E-state index contributed by atoms with van der Waals surface area (Å²) in [5, 5.41) is 2.00. The lowest BCUT2D eigenvalue weighted by Crippen LogP contribution is -2.29. The van der Waals surface area contributed by atoms with Crippen molar-refractivity contribution in [2.75, 3.05) is 6.54 Å². The molecule has 128 valence electrons. The predicted molar refractivity (Wildman–Crippen MR) is 98.9 cm³/mol. The molecule has 0 unspecified atom stereocenters. The molecule has 25 heavy (non-hydrogen) atoms. The second-order valence-electron chi connectivity index (χ2n) is 5.70. The molecule has 2 heterocycles. The van der Waals surface area contributed by atoms with E-state index in [-0.39, 0.29) is 11.7 Å². The third-order valence-corrected chi connectivity index (χ3v) is 4.85. The lowest BCUT2D eigenvalue weighted by atomic mass is 10.1. The summed E-state index contributed by atoms with van der Waals surface area (Å²) < 4.78 is 5.76. The zero-order valence-corrected chi connectivity index (χ0v) is 15.0. The van der Waals surface area contributed by atoms with Gasteiger partial charge < -0.3 is 9.32 Å². The number of ketones is 1. The Kier molecular flexibility index (Phi) is 5.14. The summed E-state index contributed by atoms with van der Waals surface area (Å²) in [5.41, 5.74) is 1.49. The summed E-state index contributed by atoms with van der Waals surface area (Å²) in [7, 11) is 0. The van der Waals surface area contributed by atoms with Crippen LogP contribution in [0.3, 0.4) is 0 Å².